The average Bonchev–Trinajstić information content (AvgIpc) is 2.32. The predicted octanol–water partition coefficient (Wildman–Crippen LogP) is 3.01. The fraction of sp³-hybridized carbons (Fsp3) is 0.600. The predicted molar refractivity (Wildman–Crippen MR) is 93.9 cm³/mol. The lowest BCUT2D eigenvalue weighted by Gasteiger charge is -2.27. The molecule has 0 amide bonds. The topological polar surface area (TPSA) is 44.7 Å². The molecule has 120 valence electrons. The highest BCUT2D eigenvalue weighted by atomic mass is 79.9. The summed E-state index contributed by atoms with van der Waals surface area (Å²) in [6.45, 7) is 6.27. The first-order chi connectivity index (χ1) is 9.75. The van der Waals surface area contributed by atoms with Gasteiger partial charge in [0.05, 0.1) is 21.2 Å². The van der Waals surface area contributed by atoms with Gasteiger partial charge in [-0.25, -0.2) is 0 Å². The summed E-state index contributed by atoms with van der Waals surface area (Å²) in [6.07, 6.45) is 0. The molecule has 0 aromatic heterocycles. The van der Waals surface area contributed by atoms with Crippen LogP contribution in [0, 0.1) is 0 Å². The smallest absolute Gasteiger partial charge is 0.147 e. The molecule has 1 rings (SSSR count). The van der Waals surface area contributed by atoms with Crippen LogP contribution < -0.4 is 10.1 Å². The summed E-state index contributed by atoms with van der Waals surface area (Å²) in [7, 11) is 3.91. The molecule has 2 N–H and O–H groups in total. The zero-order valence-corrected chi connectivity index (χ0v) is 16.2. The van der Waals surface area contributed by atoms with E-state index in [4.69, 9.17) is 4.74 Å². The number of likely N-dealkylation sites (N-methyl/N-ethyl adjacent to an activating group) is 1. The Morgan fingerprint density at radius 1 is 1.29 bits per heavy atom. The van der Waals surface area contributed by atoms with Gasteiger partial charge in [0.2, 0.25) is 0 Å². The summed E-state index contributed by atoms with van der Waals surface area (Å²) < 4.78 is 7.42. The van der Waals surface area contributed by atoms with Crippen LogP contribution in [0.1, 0.15) is 19.4 Å². The van der Waals surface area contributed by atoms with Crippen molar-refractivity contribution in [3.05, 3.63) is 26.6 Å². The van der Waals surface area contributed by atoms with Crippen LogP contribution in [0.4, 0.5) is 0 Å². The molecule has 0 saturated carbocycles. The highest BCUT2D eigenvalue weighted by Crippen LogP contribution is 2.34. The van der Waals surface area contributed by atoms with Crippen molar-refractivity contribution < 1.29 is 9.84 Å². The number of benzene rings is 1. The van der Waals surface area contributed by atoms with Crippen molar-refractivity contribution in [2.24, 2.45) is 0 Å². The van der Waals surface area contributed by atoms with E-state index in [1.54, 1.807) is 0 Å². The number of hydrogen-bond donors (Lipinski definition) is 2. The van der Waals surface area contributed by atoms with Crippen molar-refractivity contribution in [2.75, 3.05) is 33.8 Å². The van der Waals surface area contributed by atoms with Gasteiger partial charge < -0.3 is 20.1 Å². The lowest BCUT2D eigenvalue weighted by Crippen LogP contribution is -2.45. The molecule has 0 fully saturated rings. The van der Waals surface area contributed by atoms with E-state index >= 15 is 0 Å². The number of halogens is 2. The Bertz CT molecular complexity index is 442. The fourth-order valence-electron chi connectivity index (χ4n) is 2.21. The molecule has 0 aliphatic heterocycles. The number of aliphatic hydroxyl groups is 1. The quantitative estimate of drug-likeness (QED) is 0.674. The molecule has 21 heavy (non-hydrogen) atoms. The molecule has 0 aliphatic carbocycles. The number of nitrogens with one attached hydrogen (secondary N) is 1. The van der Waals surface area contributed by atoms with E-state index in [2.05, 4.69) is 37.2 Å². The SMILES string of the molecule is CCOc1c(Br)cc(CNCC(C)(O)CN(C)C)cc1Br. The van der Waals surface area contributed by atoms with Gasteiger partial charge in [0.1, 0.15) is 5.75 Å². The Balaban J connectivity index is 2.60. The molecule has 0 radical (unpaired) electrons. The van der Waals surface area contributed by atoms with Gasteiger partial charge in [0.25, 0.3) is 0 Å². The van der Waals surface area contributed by atoms with E-state index in [0.717, 1.165) is 20.3 Å². The molecule has 1 aromatic carbocycles. The van der Waals surface area contributed by atoms with Gasteiger partial charge in [-0.05, 0) is 77.5 Å². The van der Waals surface area contributed by atoms with Crippen LogP contribution >= 0.6 is 31.9 Å². The van der Waals surface area contributed by atoms with Crippen molar-refractivity contribution in [3.8, 4) is 5.75 Å². The second-order valence-electron chi connectivity index (χ2n) is 5.66. The fourth-order valence-corrected chi connectivity index (χ4v) is 3.72. The van der Waals surface area contributed by atoms with E-state index in [-0.39, 0.29) is 0 Å². The molecule has 1 aromatic rings. The van der Waals surface area contributed by atoms with Crippen molar-refractivity contribution in [1.29, 1.82) is 0 Å². The Kier molecular flexibility index (Phi) is 7.64. The highest BCUT2D eigenvalue weighted by molar-refractivity contribution is 9.11. The van der Waals surface area contributed by atoms with E-state index in [0.29, 0.717) is 26.2 Å². The summed E-state index contributed by atoms with van der Waals surface area (Å²) in [5.41, 5.74) is 0.376. The third kappa shape index (κ3) is 6.65. The number of hydrogen-bond acceptors (Lipinski definition) is 4. The van der Waals surface area contributed by atoms with Gasteiger partial charge in [-0.2, -0.15) is 0 Å². The molecule has 4 nitrogen and oxygen atoms in total. The Morgan fingerprint density at radius 3 is 2.33 bits per heavy atom. The molecule has 0 saturated heterocycles. The number of ether oxygens (including phenoxy) is 1. The minimum Gasteiger partial charge on any atom is -0.492 e. The first kappa shape index (κ1) is 18.9. The molecular formula is C15H24Br2N2O2. The van der Waals surface area contributed by atoms with Crippen LogP contribution in [0.5, 0.6) is 5.75 Å². The van der Waals surface area contributed by atoms with E-state index in [9.17, 15) is 5.11 Å². The summed E-state index contributed by atoms with van der Waals surface area (Å²) in [5, 5.41) is 13.5. The van der Waals surface area contributed by atoms with E-state index < -0.39 is 5.60 Å². The van der Waals surface area contributed by atoms with E-state index in [1.165, 1.54) is 0 Å². The van der Waals surface area contributed by atoms with Gasteiger partial charge in [0, 0.05) is 19.6 Å². The summed E-state index contributed by atoms with van der Waals surface area (Å²) in [4.78, 5) is 1.98. The normalized spacial score (nSPS) is 14.3. The second-order valence-corrected chi connectivity index (χ2v) is 7.37. The van der Waals surface area contributed by atoms with Crippen LogP contribution in [-0.2, 0) is 6.54 Å². The summed E-state index contributed by atoms with van der Waals surface area (Å²) >= 11 is 7.05. The maximum absolute atomic E-state index is 10.2. The molecule has 0 spiro atoms. The van der Waals surface area contributed by atoms with Gasteiger partial charge in [-0.1, -0.05) is 0 Å². The van der Waals surface area contributed by atoms with Crippen LogP contribution in [0.3, 0.4) is 0 Å². The molecule has 6 heteroatoms. The maximum Gasteiger partial charge on any atom is 0.147 e. The molecule has 0 bridgehead atoms. The summed E-state index contributed by atoms with van der Waals surface area (Å²) in [6, 6.07) is 4.06. The van der Waals surface area contributed by atoms with E-state index in [1.807, 2.05) is 45.0 Å². The second kappa shape index (κ2) is 8.48. The summed E-state index contributed by atoms with van der Waals surface area (Å²) in [5.74, 6) is 0.820. The van der Waals surface area contributed by atoms with Crippen molar-refractivity contribution in [1.82, 2.24) is 10.2 Å². The Hall–Kier alpha value is -0.140. The van der Waals surface area contributed by atoms with Gasteiger partial charge in [-0.3, -0.25) is 0 Å². The first-order valence-electron chi connectivity index (χ1n) is 6.93. The Labute approximate surface area is 144 Å². The molecule has 0 heterocycles. The van der Waals surface area contributed by atoms with Gasteiger partial charge >= 0.3 is 0 Å². The van der Waals surface area contributed by atoms with Crippen molar-refractivity contribution in [3.63, 3.8) is 0 Å². The van der Waals surface area contributed by atoms with Crippen molar-refractivity contribution >= 4 is 31.9 Å². The monoisotopic (exact) mass is 422 g/mol. The van der Waals surface area contributed by atoms with Crippen LogP contribution in [0.15, 0.2) is 21.1 Å². The van der Waals surface area contributed by atoms with Gasteiger partial charge in [-0.15, -0.1) is 0 Å². The largest absolute Gasteiger partial charge is 0.492 e. The zero-order chi connectivity index (χ0) is 16.0. The third-order valence-corrected chi connectivity index (χ3v) is 4.02. The zero-order valence-electron chi connectivity index (χ0n) is 13.0. The van der Waals surface area contributed by atoms with Crippen LogP contribution in [0.2, 0.25) is 0 Å². The number of rotatable bonds is 8. The molecule has 0 aliphatic rings. The number of nitrogens with zero attached hydrogens (tertiary/aromatic N) is 1. The molecule has 1 unspecified atom stereocenters. The minimum atomic E-state index is -0.747. The lowest BCUT2D eigenvalue weighted by atomic mass is 10.1. The van der Waals surface area contributed by atoms with Crippen LogP contribution in [0.25, 0.3) is 0 Å². The first-order valence-corrected chi connectivity index (χ1v) is 8.52. The lowest BCUT2D eigenvalue weighted by molar-refractivity contribution is 0.0336. The third-order valence-electron chi connectivity index (χ3n) is 2.84. The van der Waals surface area contributed by atoms with Crippen molar-refractivity contribution in [2.45, 2.75) is 26.0 Å². The standard InChI is InChI=1S/C15H24Br2N2O2/c1-5-21-14-12(16)6-11(7-13(14)17)8-18-9-15(2,20)10-19(3)4/h6-7,18,20H,5,8-10H2,1-4H3. The molecule has 1 atom stereocenters. The van der Waals surface area contributed by atoms with Crippen LogP contribution in [-0.4, -0.2) is 49.4 Å². The van der Waals surface area contributed by atoms with Gasteiger partial charge in [0.15, 0.2) is 0 Å². The molecular weight excluding hydrogens is 400 g/mol. The highest BCUT2D eigenvalue weighted by Gasteiger charge is 2.20. The average molecular weight is 424 g/mol. The maximum atomic E-state index is 10.2. The minimum absolute atomic E-state index is 0.535. The Morgan fingerprint density at radius 2 is 1.86 bits per heavy atom.